The van der Waals surface area contributed by atoms with Gasteiger partial charge < -0.3 is 10.5 Å². The largest absolute Gasteiger partial charge is 0.397 e. The molecule has 1 atom stereocenters. The molecule has 0 bridgehead atoms. The van der Waals surface area contributed by atoms with E-state index < -0.39 is 16.3 Å². The van der Waals surface area contributed by atoms with Crippen LogP contribution in [0, 0.1) is 0 Å². The smallest absolute Gasteiger partial charge is 0.277 e. The maximum absolute atomic E-state index is 11.3. The molecular formula is C9H13ClN4O3S. The van der Waals surface area contributed by atoms with Crippen molar-refractivity contribution in [2.45, 2.75) is 6.10 Å². The van der Waals surface area contributed by atoms with Crippen LogP contribution in [-0.2, 0) is 14.9 Å². The predicted octanol–water partition coefficient (Wildman–Crippen LogP) is -0.106. The van der Waals surface area contributed by atoms with E-state index in [2.05, 4.69) is 4.98 Å². The van der Waals surface area contributed by atoms with E-state index in [0.29, 0.717) is 11.3 Å². The number of pyridine rings is 1. The van der Waals surface area contributed by atoms with Gasteiger partial charge in [0.25, 0.3) is 10.2 Å². The summed E-state index contributed by atoms with van der Waals surface area (Å²) in [6.45, 7) is 0.568. The Kier molecular flexibility index (Phi) is 3.74. The van der Waals surface area contributed by atoms with Crippen LogP contribution in [0.15, 0.2) is 12.3 Å². The standard InChI is InChI=1S/C9H13ClN4O3S/c10-9-7(3-6(11)4-13-9)8-5-14(1-2-17-8)18(12,15)16/h3-4,8H,1-2,5,11H2,(H2,12,15,16). The van der Waals surface area contributed by atoms with E-state index >= 15 is 0 Å². The number of halogens is 1. The van der Waals surface area contributed by atoms with Gasteiger partial charge in [-0.15, -0.1) is 0 Å². The highest BCUT2D eigenvalue weighted by atomic mass is 35.5. The van der Waals surface area contributed by atoms with Crippen molar-refractivity contribution in [2.75, 3.05) is 25.4 Å². The van der Waals surface area contributed by atoms with Crippen molar-refractivity contribution in [1.29, 1.82) is 0 Å². The van der Waals surface area contributed by atoms with Gasteiger partial charge in [-0.1, -0.05) is 11.6 Å². The molecule has 1 unspecified atom stereocenters. The second-order valence-corrected chi connectivity index (χ2v) is 5.82. The predicted molar refractivity (Wildman–Crippen MR) is 67.0 cm³/mol. The number of anilines is 1. The monoisotopic (exact) mass is 292 g/mol. The van der Waals surface area contributed by atoms with Crippen molar-refractivity contribution >= 4 is 27.5 Å². The quantitative estimate of drug-likeness (QED) is 0.739. The fourth-order valence-electron chi connectivity index (χ4n) is 1.75. The van der Waals surface area contributed by atoms with Crippen molar-refractivity contribution in [3.8, 4) is 0 Å². The second-order valence-electron chi connectivity index (χ2n) is 3.91. The number of nitrogen functional groups attached to an aromatic ring is 1. The number of hydrogen-bond acceptors (Lipinski definition) is 5. The van der Waals surface area contributed by atoms with Crippen LogP contribution >= 0.6 is 11.6 Å². The van der Waals surface area contributed by atoms with Crippen LogP contribution in [0.2, 0.25) is 5.15 Å². The molecule has 1 fully saturated rings. The Morgan fingerprint density at radius 2 is 2.28 bits per heavy atom. The summed E-state index contributed by atoms with van der Waals surface area (Å²) in [5, 5.41) is 5.33. The Morgan fingerprint density at radius 3 is 2.94 bits per heavy atom. The number of aromatic nitrogens is 1. The average molecular weight is 293 g/mol. The van der Waals surface area contributed by atoms with Gasteiger partial charge in [-0.25, -0.2) is 10.1 Å². The van der Waals surface area contributed by atoms with E-state index in [9.17, 15) is 8.42 Å². The second kappa shape index (κ2) is 4.98. The molecule has 4 N–H and O–H groups in total. The summed E-state index contributed by atoms with van der Waals surface area (Å²) in [6, 6.07) is 1.62. The molecule has 0 aliphatic carbocycles. The molecule has 0 saturated carbocycles. The lowest BCUT2D eigenvalue weighted by atomic mass is 10.1. The van der Waals surface area contributed by atoms with Crippen molar-refractivity contribution in [3.05, 3.63) is 23.0 Å². The first-order valence-corrected chi connectivity index (χ1v) is 7.06. The number of ether oxygens (including phenoxy) is 1. The highest BCUT2D eigenvalue weighted by Crippen LogP contribution is 2.28. The summed E-state index contributed by atoms with van der Waals surface area (Å²) in [5.41, 5.74) is 6.62. The summed E-state index contributed by atoms with van der Waals surface area (Å²) in [6.07, 6.45) is 0.909. The number of hydrogen-bond donors (Lipinski definition) is 2. The Hall–Kier alpha value is -0.930. The molecular weight excluding hydrogens is 280 g/mol. The topological polar surface area (TPSA) is 112 Å². The summed E-state index contributed by atoms with van der Waals surface area (Å²) in [4.78, 5) is 3.90. The third-order valence-electron chi connectivity index (χ3n) is 2.62. The average Bonchev–Trinajstić information content (AvgIpc) is 2.31. The molecule has 0 spiro atoms. The first kappa shape index (κ1) is 13.5. The summed E-state index contributed by atoms with van der Waals surface area (Å²) >= 11 is 5.95. The minimum Gasteiger partial charge on any atom is -0.397 e. The van der Waals surface area contributed by atoms with Crippen LogP contribution in [0.3, 0.4) is 0 Å². The Morgan fingerprint density at radius 1 is 1.56 bits per heavy atom. The fourth-order valence-corrected chi connectivity index (χ4v) is 2.65. The Bertz CT molecular complexity index is 551. The van der Waals surface area contributed by atoms with E-state index in [-0.39, 0.29) is 24.8 Å². The van der Waals surface area contributed by atoms with Crippen molar-refractivity contribution in [1.82, 2.24) is 9.29 Å². The molecule has 100 valence electrons. The molecule has 0 radical (unpaired) electrons. The third kappa shape index (κ3) is 2.90. The van der Waals surface area contributed by atoms with Crippen LogP contribution in [-0.4, -0.2) is 37.4 Å². The van der Waals surface area contributed by atoms with Gasteiger partial charge in [-0.2, -0.15) is 12.7 Å². The van der Waals surface area contributed by atoms with Crippen LogP contribution in [0.4, 0.5) is 5.69 Å². The molecule has 0 aromatic carbocycles. The van der Waals surface area contributed by atoms with Crippen LogP contribution in [0.25, 0.3) is 0 Å². The van der Waals surface area contributed by atoms with E-state index in [1.807, 2.05) is 0 Å². The Labute approximate surface area is 110 Å². The molecule has 1 saturated heterocycles. The van der Waals surface area contributed by atoms with E-state index in [0.717, 1.165) is 4.31 Å². The lowest BCUT2D eigenvalue weighted by Crippen LogP contribution is -2.45. The van der Waals surface area contributed by atoms with Gasteiger partial charge in [0.1, 0.15) is 5.15 Å². The van der Waals surface area contributed by atoms with Gasteiger partial charge in [0.15, 0.2) is 0 Å². The molecule has 7 nitrogen and oxygen atoms in total. The molecule has 1 aliphatic rings. The molecule has 9 heteroatoms. The zero-order chi connectivity index (χ0) is 13.3. The minimum atomic E-state index is -3.73. The molecule has 18 heavy (non-hydrogen) atoms. The van der Waals surface area contributed by atoms with Crippen molar-refractivity contribution in [2.24, 2.45) is 5.14 Å². The first-order valence-electron chi connectivity index (χ1n) is 5.18. The van der Waals surface area contributed by atoms with E-state index in [1.165, 1.54) is 6.20 Å². The minimum absolute atomic E-state index is 0.101. The lowest BCUT2D eigenvalue weighted by molar-refractivity contribution is -0.00263. The summed E-state index contributed by atoms with van der Waals surface area (Å²) in [7, 11) is -3.73. The zero-order valence-corrected chi connectivity index (χ0v) is 11.0. The molecule has 2 heterocycles. The first-order chi connectivity index (χ1) is 8.38. The van der Waals surface area contributed by atoms with Gasteiger partial charge in [0.2, 0.25) is 0 Å². The van der Waals surface area contributed by atoms with E-state index in [1.54, 1.807) is 6.07 Å². The van der Waals surface area contributed by atoms with Crippen LogP contribution in [0.1, 0.15) is 11.7 Å². The number of nitrogens with zero attached hydrogens (tertiary/aromatic N) is 2. The van der Waals surface area contributed by atoms with Gasteiger partial charge >= 0.3 is 0 Å². The fraction of sp³-hybridized carbons (Fsp3) is 0.444. The maximum atomic E-state index is 11.3. The Balaban J connectivity index is 2.26. The summed E-state index contributed by atoms with van der Waals surface area (Å²) < 4.78 is 29.2. The summed E-state index contributed by atoms with van der Waals surface area (Å²) in [5.74, 6) is 0. The third-order valence-corrected chi connectivity index (χ3v) is 3.99. The van der Waals surface area contributed by atoms with Crippen molar-refractivity contribution in [3.63, 3.8) is 0 Å². The number of nitrogens with two attached hydrogens (primary N) is 2. The van der Waals surface area contributed by atoms with E-state index in [4.69, 9.17) is 27.2 Å². The van der Waals surface area contributed by atoms with Gasteiger partial charge in [0, 0.05) is 18.7 Å². The SMILES string of the molecule is Nc1cnc(Cl)c(C2CN(S(N)(=O)=O)CCO2)c1. The molecule has 1 aromatic heterocycles. The van der Waals surface area contributed by atoms with Gasteiger partial charge in [-0.05, 0) is 6.07 Å². The van der Waals surface area contributed by atoms with Gasteiger partial charge in [0.05, 0.1) is 24.6 Å². The highest BCUT2D eigenvalue weighted by molar-refractivity contribution is 7.86. The van der Waals surface area contributed by atoms with Crippen LogP contribution < -0.4 is 10.9 Å². The maximum Gasteiger partial charge on any atom is 0.277 e. The lowest BCUT2D eigenvalue weighted by Gasteiger charge is -2.31. The molecule has 0 amide bonds. The molecule has 2 rings (SSSR count). The number of morpholine rings is 1. The van der Waals surface area contributed by atoms with Gasteiger partial charge in [-0.3, -0.25) is 0 Å². The number of rotatable bonds is 2. The van der Waals surface area contributed by atoms with Crippen LogP contribution in [0.5, 0.6) is 0 Å². The molecule has 1 aromatic rings. The molecule has 1 aliphatic heterocycles. The zero-order valence-electron chi connectivity index (χ0n) is 9.41. The normalized spacial score (nSPS) is 22.0. The van der Waals surface area contributed by atoms with Crippen molar-refractivity contribution < 1.29 is 13.2 Å². The highest BCUT2D eigenvalue weighted by Gasteiger charge is 2.29.